The molecule has 1 N–H and O–H groups in total. The average Bonchev–Trinajstić information content (AvgIpc) is 2.85. The summed E-state index contributed by atoms with van der Waals surface area (Å²) in [7, 11) is 0. The van der Waals surface area contributed by atoms with Gasteiger partial charge in [-0.1, -0.05) is 11.2 Å². The predicted octanol–water partition coefficient (Wildman–Crippen LogP) is 4.31. The van der Waals surface area contributed by atoms with Crippen molar-refractivity contribution in [3.8, 4) is 0 Å². The third-order valence-electron chi connectivity index (χ3n) is 3.61. The first-order valence-electron chi connectivity index (χ1n) is 6.63. The number of hydrogen-bond acceptors (Lipinski definition) is 3. The van der Waals surface area contributed by atoms with Crippen LogP contribution in [0.4, 0.5) is 8.78 Å². The molecule has 0 bridgehead atoms. The van der Waals surface area contributed by atoms with Crippen molar-refractivity contribution in [2.24, 2.45) is 0 Å². The molecule has 0 spiro atoms. The Hall–Kier alpha value is -2.03. The highest BCUT2D eigenvalue weighted by atomic mass is 127. The highest BCUT2D eigenvalue weighted by molar-refractivity contribution is 14.1. The topological polar surface area (TPSA) is 63.3 Å². The van der Waals surface area contributed by atoms with Crippen molar-refractivity contribution in [3.05, 3.63) is 61.9 Å². The fourth-order valence-electron chi connectivity index (χ4n) is 2.42. The van der Waals surface area contributed by atoms with Crippen LogP contribution in [-0.2, 0) is 6.42 Å². The average molecular weight is 429 g/mol. The fraction of sp³-hybridized carbons (Fsp3) is 0.125. The Balaban J connectivity index is 2.21. The second kappa shape index (κ2) is 5.88. The molecule has 1 heterocycles. The summed E-state index contributed by atoms with van der Waals surface area (Å²) < 4.78 is 34.3. The van der Waals surface area contributed by atoms with Crippen molar-refractivity contribution in [1.82, 2.24) is 5.16 Å². The minimum atomic E-state index is -1.28. The molecule has 0 aliphatic heterocycles. The number of fused-ring (bicyclic) bond motifs is 1. The van der Waals surface area contributed by atoms with Crippen LogP contribution in [0.2, 0.25) is 0 Å². The predicted molar refractivity (Wildman–Crippen MR) is 87.6 cm³/mol. The quantitative estimate of drug-likeness (QED) is 0.631. The van der Waals surface area contributed by atoms with E-state index in [0.29, 0.717) is 14.7 Å². The summed E-state index contributed by atoms with van der Waals surface area (Å²) in [6.07, 6.45) is -0.182. The number of carboxylic acid groups (broad SMARTS) is 1. The smallest absolute Gasteiger partial charge is 0.336 e. The summed E-state index contributed by atoms with van der Waals surface area (Å²) in [5, 5.41) is 13.3. The molecule has 2 aromatic carbocycles. The van der Waals surface area contributed by atoms with E-state index in [2.05, 4.69) is 5.16 Å². The van der Waals surface area contributed by atoms with Gasteiger partial charge in [-0.3, -0.25) is 0 Å². The molecular formula is C16H10F2INO3. The van der Waals surface area contributed by atoms with Crippen molar-refractivity contribution >= 4 is 39.5 Å². The van der Waals surface area contributed by atoms with Crippen LogP contribution in [0.1, 0.15) is 27.2 Å². The Morgan fingerprint density at radius 1 is 1.35 bits per heavy atom. The minimum absolute atomic E-state index is 0.0478. The molecule has 3 aromatic rings. The number of aromatic carboxylic acids is 1. The van der Waals surface area contributed by atoms with Crippen molar-refractivity contribution in [1.29, 1.82) is 0 Å². The van der Waals surface area contributed by atoms with E-state index in [4.69, 9.17) is 4.52 Å². The molecule has 4 nitrogen and oxygen atoms in total. The fourth-order valence-corrected chi connectivity index (χ4v) is 2.87. The van der Waals surface area contributed by atoms with Gasteiger partial charge < -0.3 is 9.63 Å². The number of nitrogens with zero attached hydrogens (tertiary/aromatic N) is 1. The van der Waals surface area contributed by atoms with Gasteiger partial charge in [-0.05, 0) is 53.3 Å². The van der Waals surface area contributed by atoms with Crippen LogP contribution >= 0.6 is 22.6 Å². The zero-order chi connectivity index (χ0) is 16.7. The summed E-state index contributed by atoms with van der Waals surface area (Å²) in [6.45, 7) is 1.57. The SMILES string of the molecule is Cc1onc2c(F)c(Cc3ccc(I)cc3F)c(C(=O)O)cc12. The Kier molecular flexibility index (Phi) is 4.05. The number of carboxylic acids is 1. The molecule has 0 unspecified atom stereocenters. The van der Waals surface area contributed by atoms with Gasteiger partial charge in [-0.25, -0.2) is 13.6 Å². The van der Waals surface area contributed by atoms with Gasteiger partial charge in [0.1, 0.15) is 17.1 Å². The van der Waals surface area contributed by atoms with Gasteiger partial charge in [0.05, 0.1) is 5.56 Å². The monoisotopic (exact) mass is 429 g/mol. The minimum Gasteiger partial charge on any atom is -0.478 e. The summed E-state index contributed by atoms with van der Waals surface area (Å²) in [5.74, 6) is -2.26. The zero-order valence-electron chi connectivity index (χ0n) is 11.9. The first kappa shape index (κ1) is 15.9. The molecule has 0 atom stereocenters. The molecule has 7 heteroatoms. The lowest BCUT2D eigenvalue weighted by molar-refractivity contribution is 0.0695. The van der Waals surface area contributed by atoms with Gasteiger partial charge in [-0.2, -0.15) is 0 Å². The van der Waals surface area contributed by atoms with E-state index < -0.39 is 17.6 Å². The Morgan fingerprint density at radius 2 is 2.09 bits per heavy atom. The Morgan fingerprint density at radius 3 is 2.74 bits per heavy atom. The van der Waals surface area contributed by atoms with Crippen LogP contribution in [0.5, 0.6) is 0 Å². The number of aromatic nitrogens is 1. The number of aryl methyl sites for hydroxylation is 1. The number of rotatable bonds is 3. The standard InChI is InChI=1S/C16H10F2INO3/c1-7-10-6-12(16(21)22)11(14(18)15(10)20-23-7)4-8-2-3-9(19)5-13(8)17/h2-3,5-6H,4H2,1H3,(H,21,22). The first-order chi connectivity index (χ1) is 10.9. The summed E-state index contributed by atoms with van der Waals surface area (Å²) in [4.78, 5) is 11.5. The van der Waals surface area contributed by atoms with Crippen LogP contribution in [0, 0.1) is 22.1 Å². The number of benzene rings is 2. The van der Waals surface area contributed by atoms with Crippen molar-refractivity contribution in [3.63, 3.8) is 0 Å². The lowest BCUT2D eigenvalue weighted by Gasteiger charge is -2.09. The van der Waals surface area contributed by atoms with Gasteiger partial charge in [0.25, 0.3) is 0 Å². The number of hydrogen-bond donors (Lipinski definition) is 1. The van der Waals surface area contributed by atoms with Gasteiger partial charge in [0.15, 0.2) is 5.82 Å². The maximum atomic E-state index is 14.7. The van der Waals surface area contributed by atoms with Crippen molar-refractivity contribution in [2.75, 3.05) is 0 Å². The molecule has 0 aliphatic rings. The maximum absolute atomic E-state index is 14.7. The van der Waals surface area contributed by atoms with E-state index in [1.54, 1.807) is 13.0 Å². The van der Waals surface area contributed by atoms with Crippen molar-refractivity contribution < 1.29 is 23.2 Å². The van der Waals surface area contributed by atoms with Crippen molar-refractivity contribution in [2.45, 2.75) is 13.3 Å². The lowest BCUT2D eigenvalue weighted by atomic mass is 9.96. The molecule has 3 rings (SSSR count). The van der Waals surface area contributed by atoms with Gasteiger partial charge in [-0.15, -0.1) is 0 Å². The second-order valence-corrected chi connectivity index (χ2v) is 6.31. The lowest BCUT2D eigenvalue weighted by Crippen LogP contribution is -2.07. The van der Waals surface area contributed by atoms with Crippen LogP contribution in [-0.4, -0.2) is 16.2 Å². The van der Waals surface area contributed by atoms with E-state index in [1.165, 1.54) is 18.2 Å². The second-order valence-electron chi connectivity index (χ2n) is 5.07. The normalized spacial score (nSPS) is 11.1. The van der Waals surface area contributed by atoms with Gasteiger partial charge in [0, 0.05) is 20.9 Å². The molecule has 0 aliphatic carbocycles. The Labute approximate surface area is 143 Å². The molecule has 0 saturated carbocycles. The molecule has 118 valence electrons. The summed E-state index contributed by atoms with van der Waals surface area (Å²) in [6, 6.07) is 5.82. The van der Waals surface area contributed by atoms with E-state index in [-0.39, 0.29) is 28.6 Å². The van der Waals surface area contributed by atoms with Crippen LogP contribution in [0.3, 0.4) is 0 Å². The largest absolute Gasteiger partial charge is 0.478 e. The Bertz CT molecular complexity index is 937. The molecule has 1 aromatic heterocycles. The van der Waals surface area contributed by atoms with Crippen LogP contribution in [0.15, 0.2) is 28.8 Å². The maximum Gasteiger partial charge on any atom is 0.336 e. The highest BCUT2D eigenvalue weighted by Gasteiger charge is 2.22. The molecular weight excluding hydrogens is 419 g/mol. The molecule has 0 fully saturated rings. The molecule has 23 heavy (non-hydrogen) atoms. The first-order valence-corrected chi connectivity index (χ1v) is 7.71. The van der Waals surface area contributed by atoms with E-state index in [1.807, 2.05) is 22.6 Å². The van der Waals surface area contributed by atoms with E-state index >= 15 is 0 Å². The van der Waals surface area contributed by atoms with E-state index in [0.717, 1.165) is 0 Å². The van der Waals surface area contributed by atoms with Gasteiger partial charge >= 0.3 is 5.97 Å². The molecule has 0 amide bonds. The molecule has 0 radical (unpaired) electrons. The number of halogens is 3. The summed E-state index contributed by atoms with van der Waals surface area (Å²) >= 11 is 1.96. The van der Waals surface area contributed by atoms with Crippen LogP contribution in [0.25, 0.3) is 10.9 Å². The third-order valence-corrected chi connectivity index (χ3v) is 4.28. The van der Waals surface area contributed by atoms with E-state index in [9.17, 15) is 18.7 Å². The molecule has 0 saturated heterocycles. The highest BCUT2D eigenvalue weighted by Crippen LogP contribution is 2.29. The summed E-state index contributed by atoms with van der Waals surface area (Å²) in [5.41, 5.74) is -0.169. The third kappa shape index (κ3) is 2.80. The van der Waals surface area contributed by atoms with Gasteiger partial charge in [0.2, 0.25) is 0 Å². The zero-order valence-corrected chi connectivity index (χ0v) is 14.0. The van der Waals surface area contributed by atoms with Crippen LogP contribution < -0.4 is 0 Å². The number of carbonyl (C=O) groups is 1.